The Morgan fingerprint density at radius 2 is 1.82 bits per heavy atom. The van der Waals surface area contributed by atoms with Gasteiger partial charge in [0.15, 0.2) is 0 Å². The number of nitrogens with zero attached hydrogens (tertiary/aromatic N) is 6. The van der Waals surface area contributed by atoms with Crippen LogP contribution in [0.5, 0.6) is 0 Å². The lowest BCUT2D eigenvalue weighted by molar-refractivity contribution is -0.206. The van der Waals surface area contributed by atoms with E-state index in [1.807, 2.05) is 6.07 Å². The third-order valence-corrected chi connectivity index (χ3v) is 8.36. The maximum Gasteiger partial charge on any atom is 0.395 e. The van der Waals surface area contributed by atoms with Gasteiger partial charge in [0.25, 0.3) is 6.43 Å². The van der Waals surface area contributed by atoms with Crippen LogP contribution in [0.15, 0.2) is 42.7 Å². The van der Waals surface area contributed by atoms with Gasteiger partial charge < -0.3 is 10.6 Å². The number of benzene rings is 2. The maximum absolute atomic E-state index is 13.8. The molecule has 0 saturated heterocycles. The zero-order valence-corrected chi connectivity index (χ0v) is 24.5. The molecular formula is C30H26ClF5N8. The molecule has 2 aromatic carbocycles. The van der Waals surface area contributed by atoms with E-state index in [0.717, 1.165) is 13.8 Å². The van der Waals surface area contributed by atoms with Gasteiger partial charge in [0.05, 0.1) is 51.1 Å². The van der Waals surface area contributed by atoms with E-state index in [1.54, 1.807) is 37.3 Å². The van der Waals surface area contributed by atoms with Gasteiger partial charge in [0, 0.05) is 23.8 Å². The molecule has 0 unspecified atom stereocenters. The highest BCUT2D eigenvalue weighted by Gasteiger charge is 2.54. The predicted molar refractivity (Wildman–Crippen MR) is 154 cm³/mol. The summed E-state index contributed by atoms with van der Waals surface area (Å²) in [4.78, 5) is 4.26. The van der Waals surface area contributed by atoms with Crippen molar-refractivity contribution in [1.82, 2.24) is 20.0 Å². The predicted octanol–water partition coefficient (Wildman–Crippen LogP) is 7.49. The SMILES string of the molecule is Cc1c(C#N)cccc1[C@H](Nc1cc(Cl)c2ncc(C#N)c(NCC(C)(C)C(F)(F)F)c2c1)c1cn(C2(C(F)F)CC2)nn1. The Labute approximate surface area is 254 Å². The average molecular weight is 629 g/mol. The average Bonchev–Trinajstić information content (AvgIpc) is 3.64. The van der Waals surface area contributed by atoms with Gasteiger partial charge in [0.2, 0.25) is 0 Å². The van der Waals surface area contributed by atoms with Crippen molar-refractivity contribution in [2.75, 3.05) is 17.2 Å². The molecule has 1 aliphatic carbocycles. The molecule has 1 fully saturated rings. The molecule has 4 aromatic rings. The lowest BCUT2D eigenvalue weighted by Gasteiger charge is -2.28. The third kappa shape index (κ3) is 5.48. The summed E-state index contributed by atoms with van der Waals surface area (Å²) in [5.41, 5.74) is -0.859. The van der Waals surface area contributed by atoms with E-state index in [-0.39, 0.29) is 40.0 Å². The lowest BCUT2D eigenvalue weighted by atomic mass is 9.92. The van der Waals surface area contributed by atoms with Crippen LogP contribution in [0.3, 0.4) is 0 Å². The summed E-state index contributed by atoms with van der Waals surface area (Å²) >= 11 is 6.60. The molecule has 44 heavy (non-hydrogen) atoms. The topological polar surface area (TPSA) is 115 Å². The fraction of sp³-hybridized carbons (Fsp3) is 0.367. The van der Waals surface area contributed by atoms with E-state index in [4.69, 9.17) is 11.6 Å². The first-order valence-electron chi connectivity index (χ1n) is 13.5. The first-order valence-corrected chi connectivity index (χ1v) is 13.9. The van der Waals surface area contributed by atoms with Crippen molar-refractivity contribution in [1.29, 1.82) is 10.5 Å². The fourth-order valence-electron chi connectivity index (χ4n) is 4.89. The molecule has 1 atom stereocenters. The number of hydrogen-bond donors (Lipinski definition) is 2. The monoisotopic (exact) mass is 628 g/mol. The van der Waals surface area contributed by atoms with Crippen LogP contribution in [0.4, 0.5) is 33.3 Å². The maximum atomic E-state index is 13.8. The molecule has 5 rings (SSSR count). The van der Waals surface area contributed by atoms with Gasteiger partial charge in [-0.3, -0.25) is 4.98 Å². The number of anilines is 2. The van der Waals surface area contributed by atoms with E-state index in [2.05, 4.69) is 32.0 Å². The minimum absolute atomic E-state index is 0.0162. The number of nitriles is 2. The van der Waals surface area contributed by atoms with Crippen LogP contribution < -0.4 is 10.6 Å². The van der Waals surface area contributed by atoms with Gasteiger partial charge >= 0.3 is 6.18 Å². The molecule has 1 aliphatic rings. The highest BCUT2D eigenvalue weighted by molar-refractivity contribution is 6.35. The molecule has 2 heterocycles. The smallest absolute Gasteiger partial charge is 0.382 e. The van der Waals surface area contributed by atoms with Crippen LogP contribution in [0, 0.1) is 35.0 Å². The number of aromatic nitrogens is 4. The van der Waals surface area contributed by atoms with E-state index < -0.39 is 36.1 Å². The Bertz CT molecular complexity index is 1820. The quantitative estimate of drug-likeness (QED) is 0.185. The highest BCUT2D eigenvalue weighted by atomic mass is 35.5. The van der Waals surface area contributed by atoms with Crippen molar-refractivity contribution < 1.29 is 22.0 Å². The Kier molecular flexibility index (Phi) is 7.89. The normalized spacial score (nSPS) is 15.1. The minimum atomic E-state index is -4.51. The number of hydrogen-bond acceptors (Lipinski definition) is 7. The van der Waals surface area contributed by atoms with Crippen molar-refractivity contribution in [3.8, 4) is 12.1 Å². The summed E-state index contributed by atoms with van der Waals surface area (Å²) in [6.07, 6.45) is -3.96. The molecule has 2 N–H and O–H groups in total. The number of nitrogens with one attached hydrogen (secondary N) is 2. The summed E-state index contributed by atoms with van der Waals surface area (Å²) < 4.78 is 69.7. The van der Waals surface area contributed by atoms with Crippen LogP contribution in [-0.2, 0) is 5.54 Å². The number of alkyl halides is 5. The van der Waals surface area contributed by atoms with Gasteiger partial charge in [-0.2, -0.15) is 23.7 Å². The number of fused-ring (bicyclic) bond motifs is 1. The molecule has 8 nitrogen and oxygen atoms in total. The molecule has 2 aromatic heterocycles. The molecule has 14 heteroatoms. The lowest BCUT2D eigenvalue weighted by Crippen LogP contribution is -2.38. The van der Waals surface area contributed by atoms with Crippen LogP contribution in [0.25, 0.3) is 10.9 Å². The summed E-state index contributed by atoms with van der Waals surface area (Å²) in [7, 11) is 0. The Balaban J connectivity index is 1.61. The molecule has 0 radical (unpaired) electrons. The molecule has 0 aliphatic heterocycles. The van der Waals surface area contributed by atoms with E-state index in [0.29, 0.717) is 28.1 Å². The van der Waals surface area contributed by atoms with Gasteiger partial charge in [0.1, 0.15) is 17.3 Å². The van der Waals surface area contributed by atoms with Gasteiger partial charge in [-0.15, -0.1) is 5.10 Å². The second kappa shape index (κ2) is 11.2. The van der Waals surface area contributed by atoms with Gasteiger partial charge in [-0.05, 0) is 62.9 Å². The van der Waals surface area contributed by atoms with Crippen molar-refractivity contribution in [2.45, 2.75) is 57.8 Å². The Morgan fingerprint density at radius 1 is 1.11 bits per heavy atom. The standard InChI is InChI=1S/C30H26ClF5N8/c1-16-17(11-37)5-4-6-20(16)26(23-14-44(43-42-23)29(7-8-29)27(32)33)41-19-9-21-24(40-15-28(2,3)30(34,35)36)18(12-38)13-39-25(21)22(31)10-19/h4-6,9-10,13-14,26-27,41H,7-8,15H2,1-3H3,(H,39,40)/t26-/m0/s1. The minimum Gasteiger partial charge on any atom is -0.382 e. The molecule has 0 bridgehead atoms. The van der Waals surface area contributed by atoms with Crippen LogP contribution >= 0.6 is 11.6 Å². The van der Waals surface area contributed by atoms with Gasteiger partial charge in [-0.25, -0.2) is 13.5 Å². The zero-order chi connectivity index (χ0) is 32.0. The number of rotatable bonds is 9. The second-order valence-electron chi connectivity index (χ2n) is 11.4. The van der Waals surface area contributed by atoms with Crippen LogP contribution in [-0.4, -0.2) is 39.1 Å². The molecule has 0 amide bonds. The summed E-state index contributed by atoms with van der Waals surface area (Å²) in [6.45, 7) is 3.31. The zero-order valence-electron chi connectivity index (χ0n) is 23.8. The summed E-state index contributed by atoms with van der Waals surface area (Å²) in [5.74, 6) is 0. The number of halogens is 6. The van der Waals surface area contributed by atoms with Crippen LogP contribution in [0.1, 0.15) is 60.7 Å². The van der Waals surface area contributed by atoms with Crippen molar-refractivity contribution in [3.05, 3.63) is 75.7 Å². The van der Waals surface area contributed by atoms with E-state index in [1.165, 1.54) is 17.1 Å². The second-order valence-corrected chi connectivity index (χ2v) is 11.9. The van der Waals surface area contributed by atoms with Crippen LogP contribution in [0.2, 0.25) is 5.02 Å². The molecule has 228 valence electrons. The van der Waals surface area contributed by atoms with E-state index >= 15 is 0 Å². The van der Waals surface area contributed by atoms with Crippen molar-refractivity contribution >= 4 is 33.9 Å². The first-order chi connectivity index (χ1) is 20.7. The molecule has 1 saturated carbocycles. The fourth-order valence-corrected chi connectivity index (χ4v) is 5.16. The highest BCUT2D eigenvalue weighted by Crippen LogP contribution is 2.48. The first kappa shape index (κ1) is 31.0. The third-order valence-electron chi connectivity index (χ3n) is 8.07. The van der Waals surface area contributed by atoms with Crippen molar-refractivity contribution in [3.63, 3.8) is 0 Å². The Morgan fingerprint density at radius 3 is 2.43 bits per heavy atom. The summed E-state index contributed by atoms with van der Waals surface area (Å²) in [6, 6.07) is 11.5. The van der Waals surface area contributed by atoms with Gasteiger partial charge in [-0.1, -0.05) is 28.9 Å². The molecular weight excluding hydrogens is 603 g/mol. The Hall–Kier alpha value is -4.49. The van der Waals surface area contributed by atoms with Crippen molar-refractivity contribution in [2.24, 2.45) is 5.41 Å². The van der Waals surface area contributed by atoms with E-state index in [9.17, 15) is 32.5 Å². The molecule has 0 spiro atoms. The summed E-state index contributed by atoms with van der Waals surface area (Å²) in [5, 5.41) is 34.1. The number of pyridine rings is 1. The largest absolute Gasteiger partial charge is 0.395 e.